The van der Waals surface area contributed by atoms with Crippen LogP contribution in [0.1, 0.15) is 12.0 Å². The fourth-order valence-electron chi connectivity index (χ4n) is 1.01. The lowest BCUT2D eigenvalue weighted by Crippen LogP contribution is -1.96. The molecule has 0 saturated carbocycles. The van der Waals surface area contributed by atoms with Crippen molar-refractivity contribution in [3.8, 4) is 5.75 Å². The summed E-state index contributed by atoms with van der Waals surface area (Å²) < 4.78 is 0. The molecule has 0 spiro atoms. The van der Waals surface area contributed by atoms with Crippen molar-refractivity contribution in [2.75, 3.05) is 0 Å². The van der Waals surface area contributed by atoms with Crippen LogP contribution in [-0.4, -0.2) is 16.2 Å². The van der Waals surface area contributed by atoms with Gasteiger partial charge in [-0.3, -0.25) is 9.59 Å². The summed E-state index contributed by atoms with van der Waals surface area (Å²) in [5.74, 6) is -1.21. The molecular formula is C10H10O4. The maximum Gasteiger partial charge on any atom is 0.303 e. The van der Waals surface area contributed by atoms with Crippen LogP contribution in [0.15, 0.2) is 29.1 Å². The topological polar surface area (TPSA) is 74.6 Å². The minimum Gasteiger partial charge on any atom is -0.504 e. The van der Waals surface area contributed by atoms with Gasteiger partial charge in [0.15, 0.2) is 5.75 Å². The number of carboxylic acid groups (broad SMARTS) is 1. The maximum atomic E-state index is 10.9. The molecule has 0 aliphatic heterocycles. The first-order chi connectivity index (χ1) is 6.59. The van der Waals surface area contributed by atoms with Gasteiger partial charge < -0.3 is 10.2 Å². The third-order valence-corrected chi connectivity index (χ3v) is 1.78. The largest absolute Gasteiger partial charge is 0.504 e. The van der Waals surface area contributed by atoms with Crippen molar-refractivity contribution in [1.82, 2.24) is 0 Å². The molecular weight excluding hydrogens is 184 g/mol. The number of carbonyl (C=O) groups is 1. The first kappa shape index (κ1) is 10.2. The molecule has 0 unspecified atom stereocenters. The van der Waals surface area contributed by atoms with Gasteiger partial charge in [0.2, 0.25) is 5.43 Å². The predicted molar refractivity (Wildman–Crippen MR) is 50.3 cm³/mol. The Kier molecular flexibility index (Phi) is 3.23. The van der Waals surface area contributed by atoms with Gasteiger partial charge in [-0.2, -0.15) is 0 Å². The number of carboxylic acids is 1. The third-order valence-electron chi connectivity index (χ3n) is 1.78. The van der Waals surface area contributed by atoms with Gasteiger partial charge in [0, 0.05) is 6.42 Å². The van der Waals surface area contributed by atoms with Gasteiger partial charge >= 0.3 is 5.97 Å². The summed E-state index contributed by atoms with van der Waals surface area (Å²) in [5, 5.41) is 17.5. The first-order valence-electron chi connectivity index (χ1n) is 4.13. The van der Waals surface area contributed by atoms with Crippen LogP contribution in [0.4, 0.5) is 0 Å². The number of hydrogen-bond acceptors (Lipinski definition) is 3. The van der Waals surface area contributed by atoms with E-state index in [0.29, 0.717) is 12.0 Å². The fourth-order valence-corrected chi connectivity index (χ4v) is 1.01. The minimum atomic E-state index is -0.886. The highest BCUT2D eigenvalue weighted by atomic mass is 16.4. The number of rotatable bonds is 3. The van der Waals surface area contributed by atoms with E-state index >= 15 is 0 Å². The second-order valence-corrected chi connectivity index (χ2v) is 2.88. The van der Waals surface area contributed by atoms with Gasteiger partial charge in [-0.15, -0.1) is 0 Å². The lowest BCUT2D eigenvalue weighted by atomic mass is 10.1. The standard InChI is InChI=1S/C10H10O4/c11-8-4-1-7(2-5-9(8)12)3-6-10(13)14/h1-2,4-5H,3,6H2,(H,11,12)(H,13,14). The highest BCUT2D eigenvalue weighted by molar-refractivity contribution is 5.67. The van der Waals surface area contributed by atoms with Crippen LogP contribution in [-0.2, 0) is 11.2 Å². The van der Waals surface area contributed by atoms with Gasteiger partial charge in [-0.1, -0.05) is 12.1 Å². The lowest BCUT2D eigenvalue weighted by Gasteiger charge is -1.92. The van der Waals surface area contributed by atoms with E-state index < -0.39 is 11.4 Å². The summed E-state index contributed by atoms with van der Waals surface area (Å²) in [4.78, 5) is 21.2. The second kappa shape index (κ2) is 4.41. The Hall–Kier alpha value is -1.84. The molecule has 0 fully saturated rings. The van der Waals surface area contributed by atoms with Gasteiger partial charge in [-0.25, -0.2) is 0 Å². The monoisotopic (exact) mass is 194 g/mol. The summed E-state index contributed by atoms with van der Waals surface area (Å²) in [5.41, 5.74) is 0.247. The molecule has 4 heteroatoms. The van der Waals surface area contributed by atoms with Crippen LogP contribution in [0.2, 0.25) is 0 Å². The van der Waals surface area contributed by atoms with E-state index in [1.54, 1.807) is 6.07 Å². The van der Waals surface area contributed by atoms with E-state index in [-0.39, 0.29) is 12.2 Å². The van der Waals surface area contributed by atoms with E-state index in [2.05, 4.69) is 0 Å². The molecule has 0 aromatic heterocycles. The van der Waals surface area contributed by atoms with E-state index in [9.17, 15) is 9.59 Å². The number of aryl methyl sites for hydroxylation is 1. The molecule has 1 rings (SSSR count). The molecule has 0 aliphatic rings. The number of aromatic hydroxyl groups is 1. The molecule has 0 amide bonds. The Labute approximate surface area is 80.4 Å². The maximum absolute atomic E-state index is 10.9. The van der Waals surface area contributed by atoms with Gasteiger partial charge in [-0.05, 0) is 24.1 Å². The summed E-state index contributed by atoms with van der Waals surface area (Å²) in [6.07, 6.45) is 0.363. The Morgan fingerprint density at radius 3 is 2.50 bits per heavy atom. The van der Waals surface area contributed by atoms with Gasteiger partial charge in [0.25, 0.3) is 0 Å². The molecule has 4 nitrogen and oxygen atoms in total. The van der Waals surface area contributed by atoms with E-state index in [0.717, 1.165) is 0 Å². The number of aliphatic carboxylic acids is 1. The molecule has 1 aromatic rings. The lowest BCUT2D eigenvalue weighted by molar-refractivity contribution is -0.136. The molecule has 0 saturated heterocycles. The summed E-state index contributed by atoms with van der Waals surface area (Å²) in [6.45, 7) is 0. The zero-order valence-corrected chi connectivity index (χ0v) is 7.43. The summed E-state index contributed by atoms with van der Waals surface area (Å²) >= 11 is 0. The molecule has 1 aromatic carbocycles. The van der Waals surface area contributed by atoms with Crippen LogP contribution in [0, 0.1) is 0 Å². The van der Waals surface area contributed by atoms with E-state index in [4.69, 9.17) is 10.2 Å². The van der Waals surface area contributed by atoms with Crippen molar-refractivity contribution in [2.24, 2.45) is 0 Å². The smallest absolute Gasteiger partial charge is 0.303 e. The quantitative estimate of drug-likeness (QED) is 0.745. The number of hydrogen-bond donors (Lipinski definition) is 2. The van der Waals surface area contributed by atoms with Crippen molar-refractivity contribution in [3.05, 3.63) is 40.1 Å². The second-order valence-electron chi connectivity index (χ2n) is 2.88. The summed E-state index contributed by atoms with van der Waals surface area (Å²) in [6, 6.07) is 5.57. The highest BCUT2D eigenvalue weighted by Gasteiger charge is 1.99. The average Bonchev–Trinajstić information content (AvgIpc) is 2.28. The van der Waals surface area contributed by atoms with Crippen molar-refractivity contribution < 1.29 is 15.0 Å². The molecule has 14 heavy (non-hydrogen) atoms. The normalized spacial score (nSPS) is 9.71. The first-order valence-corrected chi connectivity index (χ1v) is 4.13. The predicted octanol–water partition coefficient (Wildman–Crippen LogP) is 0.770. The van der Waals surface area contributed by atoms with Crippen molar-refractivity contribution in [1.29, 1.82) is 0 Å². The molecule has 0 atom stereocenters. The van der Waals surface area contributed by atoms with Crippen molar-refractivity contribution in [2.45, 2.75) is 12.8 Å². The molecule has 0 radical (unpaired) electrons. The Morgan fingerprint density at radius 1 is 1.21 bits per heavy atom. The van der Waals surface area contributed by atoms with E-state index in [1.165, 1.54) is 18.2 Å². The Balaban J connectivity index is 2.86. The zero-order chi connectivity index (χ0) is 10.6. The van der Waals surface area contributed by atoms with Gasteiger partial charge in [0.1, 0.15) is 0 Å². The Morgan fingerprint density at radius 2 is 1.86 bits per heavy atom. The molecule has 0 aliphatic carbocycles. The zero-order valence-electron chi connectivity index (χ0n) is 7.43. The minimum absolute atomic E-state index is 0.0129. The van der Waals surface area contributed by atoms with Crippen molar-refractivity contribution >= 4 is 5.97 Å². The van der Waals surface area contributed by atoms with Crippen LogP contribution < -0.4 is 5.43 Å². The Bertz CT molecular complexity index is 398. The fraction of sp³-hybridized carbons (Fsp3) is 0.200. The van der Waals surface area contributed by atoms with Crippen molar-refractivity contribution in [3.63, 3.8) is 0 Å². The van der Waals surface area contributed by atoms with Crippen LogP contribution >= 0.6 is 0 Å². The van der Waals surface area contributed by atoms with Crippen LogP contribution in [0.25, 0.3) is 0 Å². The van der Waals surface area contributed by atoms with Crippen LogP contribution in [0.3, 0.4) is 0 Å². The van der Waals surface area contributed by atoms with E-state index in [1.807, 2.05) is 0 Å². The van der Waals surface area contributed by atoms with Gasteiger partial charge in [0.05, 0.1) is 0 Å². The molecule has 2 N–H and O–H groups in total. The third kappa shape index (κ3) is 2.90. The highest BCUT2D eigenvalue weighted by Crippen LogP contribution is 2.04. The summed E-state index contributed by atoms with van der Waals surface area (Å²) in [7, 11) is 0. The average molecular weight is 194 g/mol. The molecule has 0 heterocycles. The van der Waals surface area contributed by atoms with Crippen LogP contribution in [0.5, 0.6) is 5.75 Å². The molecule has 0 bridgehead atoms. The SMILES string of the molecule is O=C(O)CCc1ccc(O)c(=O)cc1. The molecule has 74 valence electrons.